The molecule has 10 heteroatoms. The van der Waals surface area contributed by atoms with Gasteiger partial charge in [0.05, 0.1) is 15.1 Å². The lowest BCUT2D eigenvalue weighted by Crippen LogP contribution is -2.30. The van der Waals surface area contributed by atoms with E-state index in [-0.39, 0.29) is 10.8 Å². The Morgan fingerprint density at radius 2 is 2.00 bits per heavy atom. The van der Waals surface area contributed by atoms with Crippen molar-refractivity contribution in [2.75, 3.05) is 5.32 Å². The van der Waals surface area contributed by atoms with Gasteiger partial charge in [0.1, 0.15) is 5.75 Å². The number of rotatable bonds is 4. The van der Waals surface area contributed by atoms with Gasteiger partial charge in [0.15, 0.2) is 11.9 Å². The molecule has 1 atom stereocenters. The molecule has 1 aromatic heterocycles. The molecule has 1 aromatic carbocycles. The number of amides is 1. The van der Waals surface area contributed by atoms with Gasteiger partial charge in [-0.05, 0) is 47.1 Å². The van der Waals surface area contributed by atoms with Crippen molar-refractivity contribution >= 4 is 55.2 Å². The monoisotopic (exact) mass is 500 g/mol. The molecule has 0 aliphatic carbocycles. The second-order valence-electron chi connectivity index (χ2n) is 4.88. The van der Waals surface area contributed by atoms with E-state index in [0.29, 0.717) is 22.5 Å². The Morgan fingerprint density at radius 3 is 2.56 bits per heavy atom. The summed E-state index contributed by atoms with van der Waals surface area (Å²) in [4.78, 5) is 15.7. The van der Waals surface area contributed by atoms with Crippen molar-refractivity contribution in [1.29, 1.82) is 0 Å². The van der Waals surface area contributed by atoms with Crippen LogP contribution in [0.25, 0.3) is 0 Å². The van der Waals surface area contributed by atoms with Crippen molar-refractivity contribution in [1.82, 2.24) is 4.98 Å². The van der Waals surface area contributed by atoms with Crippen LogP contribution >= 0.6 is 43.5 Å². The SMILES string of the molecule is C[C@H](Oc1ccc(Br)cc1Br)C(=O)Nc1ncc(C(F)(F)F)cc1Cl. The highest BCUT2D eigenvalue weighted by Crippen LogP contribution is 2.32. The maximum Gasteiger partial charge on any atom is 0.417 e. The molecule has 0 saturated heterocycles. The Morgan fingerprint density at radius 1 is 1.32 bits per heavy atom. The van der Waals surface area contributed by atoms with Gasteiger partial charge in [-0.1, -0.05) is 27.5 Å². The van der Waals surface area contributed by atoms with Crippen molar-refractivity contribution in [2.24, 2.45) is 0 Å². The Hall–Kier alpha value is -1.32. The molecule has 0 aliphatic rings. The number of nitrogens with one attached hydrogen (secondary N) is 1. The van der Waals surface area contributed by atoms with E-state index in [2.05, 4.69) is 42.2 Å². The molecule has 0 spiro atoms. The summed E-state index contributed by atoms with van der Waals surface area (Å²) in [5.41, 5.74) is -1.00. The van der Waals surface area contributed by atoms with E-state index in [1.54, 1.807) is 18.2 Å². The molecular formula is C15H10Br2ClF3N2O2. The van der Waals surface area contributed by atoms with Crippen LogP contribution in [0.5, 0.6) is 5.75 Å². The highest BCUT2D eigenvalue weighted by Gasteiger charge is 2.32. The number of hydrogen-bond acceptors (Lipinski definition) is 3. The average Bonchev–Trinajstić information content (AvgIpc) is 2.50. The van der Waals surface area contributed by atoms with Crippen LogP contribution in [0.1, 0.15) is 12.5 Å². The number of anilines is 1. The molecule has 0 bridgehead atoms. The molecule has 0 fully saturated rings. The summed E-state index contributed by atoms with van der Waals surface area (Å²) in [5, 5.41) is 2.02. The smallest absolute Gasteiger partial charge is 0.417 e. The first-order valence-electron chi connectivity index (χ1n) is 6.73. The van der Waals surface area contributed by atoms with Crippen molar-refractivity contribution in [2.45, 2.75) is 19.2 Å². The van der Waals surface area contributed by atoms with Crippen LogP contribution in [-0.4, -0.2) is 17.0 Å². The molecule has 4 nitrogen and oxygen atoms in total. The van der Waals surface area contributed by atoms with Crippen LogP contribution < -0.4 is 10.1 Å². The zero-order valence-electron chi connectivity index (χ0n) is 12.5. The van der Waals surface area contributed by atoms with Crippen LogP contribution in [0.4, 0.5) is 19.0 Å². The lowest BCUT2D eigenvalue weighted by molar-refractivity contribution is -0.137. The predicted octanol–water partition coefficient (Wildman–Crippen LogP) is 5.68. The number of carbonyl (C=O) groups is 1. The van der Waals surface area contributed by atoms with Crippen molar-refractivity contribution < 1.29 is 22.7 Å². The number of ether oxygens (including phenoxy) is 1. The average molecular weight is 503 g/mol. The molecule has 0 aliphatic heterocycles. The second kappa shape index (κ2) is 7.92. The molecule has 0 unspecified atom stereocenters. The standard InChI is InChI=1S/C15H10Br2ClF3N2O2/c1-7(25-12-3-2-9(16)5-10(12)17)14(24)23-13-11(18)4-8(6-22-13)15(19,20)21/h2-7H,1H3,(H,22,23,24)/t7-/m0/s1. The summed E-state index contributed by atoms with van der Waals surface area (Å²) in [7, 11) is 0. The highest BCUT2D eigenvalue weighted by molar-refractivity contribution is 9.11. The topological polar surface area (TPSA) is 51.2 Å². The van der Waals surface area contributed by atoms with Gasteiger partial charge in [0.2, 0.25) is 0 Å². The number of halogens is 6. The van der Waals surface area contributed by atoms with E-state index in [1.165, 1.54) is 6.92 Å². The zero-order chi connectivity index (χ0) is 18.8. The summed E-state index contributed by atoms with van der Waals surface area (Å²) >= 11 is 12.4. The number of carbonyl (C=O) groups excluding carboxylic acids is 1. The number of nitrogens with zero attached hydrogens (tertiary/aromatic N) is 1. The Balaban J connectivity index is 2.08. The predicted molar refractivity (Wildman–Crippen MR) is 94.8 cm³/mol. The van der Waals surface area contributed by atoms with Gasteiger partial charge in [0, 0.05) is 10.7 Å². The molecule has 1 amide bonds. The summed E-state index contributed by atoms with van der Waals surface area (Å²) in [6, 6.07) is 5.83. The quantitative estimate of drug-likeness (QED) is 0.585. The number of pyridine rings is 1. The fraction of sp³-hybridized carbons (Fsp3) is 0.200. The minimum absolute atomic E-state index is 0.176. The third kappa shape index (κ3) is 5.32. The minimum atomic E-state index is -4.57. The van der Waals surface area contributed by atoms with E-state index in [0.717, 1.165) is 4.47 Å². The highest BCUT2D eigenvalue weighted by atomic mass is 79.9. The zero-order valence-corrected chi connectivity index (χ0v) is 16.4. The van der Waals surface area contributed by atoms with Gasteiger partial charge in [-0.3, -0.25) is 4.79 Å². The number of alkyl halides is 3. The molecule has 2 aromatic rings. The lowest BCUT2D eigenvalue weighted by Gasteiger charge is -2.16. The third-order valence-corrected chi connectivity index (χ3v) is 4.38. The fourth-order valence-corrected chi connectivity index (χ4v) is 3.07. The molecule has 0 radical (unpaired) electrons. The van der Waals surface area contributed by atoms with Gasteiger partial charge in [-0.2, -0.15) is 13.2 Å². The summed E-state index contributed by atoms with van der Waals surface area (Å²) in [6.45, 7) is 1.49. The van der Waals surface area contributed by atoms with E-state index in [1.807, 2.05) is 0 Å². The van der Waals surface area contributed by atoms with Gasteiger partial charge >= 0.3 is 6.18 Å². The Kier molecular flexibility index (Phi) is 6.34. The van der Waals surface area contributed by atoms with E-state index < -0.39 is 23.8 Å². The number of benzene rings is 1. The summed E-state index contributed by atoms with van der Waals surface area (Å²) in [5.74, 6) is -0.355. The van der Waals surface area contributed by atoms with Gasteiger partial charge in [0.25, 0.3) is 5.91 Å². The van der Waals surface area contributed by atoms with Crippen molar-refractivity contribution in [3.05, 3.63) is 50.0 Å². The van der Waals surface area contributed by atoms with Gasteiger partial charge in [-0.15, -0.1) is 0 Å². The van der Waals surface area contributed by atoms with Gasteiger partial charge < -0.3 is 10.1 Å². The van der Waals surface area contributed by atoms with Crippen molar-refractivity contribution in [3.63, 3.8) is 0 Å². The fourth-order valence-electron chi connectivity index (χ4n) is 1.72. The Bertz CT molecular complexity index is 803. The largest absolute Gasteiger partial charge is 0.480 e. The third-order valence-electron chi connectivity index (χ3n) is 2.98. The molecule has 0 saturated carbocycles. The molecular weight excluding hydrogens is 492 g/mol. The van der Waals surface area contributed by atoms with Crippen molar-refractivity contribution in [3.8, 4) is 5.75 Å². The second-order valence-corrected chi connectivity index (χ2v) is 7.05. The van der Waals surface area contributed by atoms with Crippen LogP contribution in [0.3, 0.4) is 0 Å². The normalized spacial score (nSPS) is 12.6. The van der Waals surface area contributed by atoms with Crippen LogP contribution in [-0.2, 0) is 11.0 Å². The first kappa shape index (κ1) is 20.0. The number of hydrogen-bond donors (Lipinski definition) is 1. The van der Waals surface area contributed by atoms with Crippen LogP contribution in [0, 0.1) is 0 Å². The molecule has 2 rings (SSSR count). The number of aromatic nitrogens is 1. The molecule has 1 heterocycles. The molecule has 134 valence electrons. The summed E-state index contributed by atoms with van der Waals surface area (Å²) in [6.07, 6.45) is -4.90. The summed E-state index contributed by atoms with van der Waals surface area (Å²) < 4.78 is 44.7. The Labute approximate surface area is 163 Å². The first-order chi connectivity index (χ1) is 11.6. The van der Waals surface area contributed by atoms with Gasteiger partial charge in [-0.25, -0.2) is 4.98 Å². The lowest BCUT2D eigenvalue weighted by atomic mass is 10.2. The van der Waals surface area contributed by atoms with Crippen LogP contribution in [0.2, 0.25) is 5.02 Å². The molecule has 1 N–H and O–H groups in total. The maximum atomic E-state index is 12.6. The minimum Gasteiger partial charge on any atom is -0.480 e. The first-order valence-corrected chi connectivity index (χ1v) is 8.69. The maximum absolute atomic E-state index is 12.6. The van der Waals surface area contributed by atoms with E-state index in [9.17, 15) is 18.0 Å². The van der Waals surface area contributed by atoms with Crippen LogP contribution in [0.15, 0.2) is 39.4 Å². The van der Waals surface area contributed by atoms with E-state index >= 15 is 0 Å². The van der Waals surface area contributed by atoms with E-state index in [4.69, 9.17) is 16.3 Å². The molecule has 25 heavy (non-hydrogen) atoms.